The first kappa shape index (κ1) is 10.3. The molecule has 1 aromatic heterocycles. The number of carbonyl (C=O) groups is 1. The molecule has 0 fully saturated rings. The fraction of sp³-hybridized carbons (Fsp3) is 0.273. The fourth-order valence-corrected chi connectivity index (χ4v) is 0.866. The number of pyridine rings is 1. The second-order valence-corrected chi connectivity index (χ2v) is 2.52. The highest BCUT2D eigenvalue weighted by Crippen LogP contribution is 1.92. The van der Waals surface area contributed by atoms with Crippen molar-refractivity contribution in [2.45, 2.75) is 13.3 Å². The third-order valence-electron chi connectivity index (χ3n) is 1.45. The van der Waals surface area contributed by atoms with E-state index in [0.29, 0.717) is 6.61 Å². The Morgan fingerprint density at radius 1 is 1.50 bits per heavy atom. The van der Waals surface area contributed by atoms with Gasteiger partial charge in [0.2, 0.25) is 0 Å². The molecule has 72 valence electrons. The van der Waals surface area contributed by atoms with Crippen LogP contribution in [0.25, 0.3) is 0 Å². The zero-order valence-corrected chi connectivity index (χ0v) is 7.99. The summed E-state index contributed by atoms with van der Waals surface area (Å²) in [4.78, 5) is 14.8. The van der Waals surface area contributed by atoms with Gasteiger partial charge in [0, 0.05) is 18.0 Å². The second kappa shape index (κ2) is 5.76. The quantitative estimate of drug-likeness (QED) is 0.521. The van der Waals surface area contributed by atoms with Gasteiger partial charge >= 0.3 is 5.97 Å². The van der Waals surface area contributed by atoms with Gasteiger partial charge < -0.3 is 4.74 Å². The first-order chi connectivity index (χ1) is 6.83. The first-order valence-electron chi connectivity index (χ1n) is 4.37. The van der Waals surface area contributed by atoms with Crippen LogP contribution in [0, 0.1) is 11.8 Å². The Labute approximate surface area is 83.1 Å². The highest BCUT2D eigenvalue weighted by Gasteiger charge is 1.95. The average Bonchev–Trinajstić information content (AvgIpc) is 2.20. The molecule has 0 bridgehead atoms. The summed E-state index contributed by atoms with van der Waals surface area (Å²) in [5.74, 6) is 5.29. The van der Waals surface area contributed by atoms with Gasteiger partial charge in [-0.2, -0.15) is 0 Å². The van der Waals surface area contributed by atoms with Crippen LogP contribution < -0.4 is 0 Å². The van der Waals surface area contributed by atoms with E-state index >= 15 is 0 Å². The van der Waals surface area contributed by atoms with E-state index in [1.54, 1.807) is 31.5 Å². The molecular formula is C11H11NO2. The van der Waals surface area contributed by atoms with Gasteiger partial charge in [0.1, 0.15) is 6.42 Å². The van der Waals surface area contributed by atoms with Gasteiger partial charge in [0.25, 0.3) is 0 Å². The van der Waals surface area contributed by atoms with Crippen LogP contribution in [0.5, 0.6) is 0 Å². The van der Waals surface area contributed by atoms with E-state index in [1.165, 1.54) is 0 Å². The molecule has 0 saturated carbocycles. The van der Waals surface area contributed by atoms with E-state index < -0.39 is 0 Å². The van der Waals surface area contributed by atoms with Crippen molar-refractivity contribution in [1.29, 1.82) is 0 Å². The second-order valence-electron chi connectivity index (χ2n) is 2.52. The van der Waals surface area contributed by atoms with Crippen molar-refractivity contribution >= 4 is 5.97 Å². The van der Waals surface area contributed by atoms with Gasteiger partial charge in [0.05, 0.1) is 6.61 Å². The van der Waals surface area contributed by atoms with E-state index in [-0.39, 0.29) is 12.4 Å². The van der Waals surface area contributed by atoms with Gasteiger partial charge in [-0.1, -0.05) is 11.8 Å². The van der Waals surface area contributed by atoms with Crippen molar-refractivity contribution in [1.82, 2.24) is 4.98 Å². The normalized spacial score (nSPS) is 8.64. The zero-order valence-electron chi connectivity index (χ0n) is 7.99. The van der Waals surface area contributed by atoms with Crippen LogP contribution in [0.15, 0.2) is 24.5 Å². The minimum Gasteiger partial charge on any atom is -0.465 e. The number of ether oxygens (including phenoxy) is 1. The summed E-state index contributed by atoms with van der Waals surface area (Å²) in [7, 11) is 0. The standard InChI is InChI=1S/C11H11NO2/c1-2-14-11(13)5-3-4-10-6-8-12-9-7-10/h6-9H,2,5H2,1H3. The van der Waals surface area contributed by atoms with Crippen LogP contribution in [0.3, 0.4) is 0 Å². The van der Waals surface area contributed by atoms with Crippen molar-refractivity contribution in [3.63, 3.8) is 0 Å². The highest BCUT2D eigenvalue weighted by atomic mass is 16.5. The van der Waals surface area contributed by atoms with Crippen molar-refractivity contribution in [3.05, 3.63) is 30.1 Å². The Balaban J connectivity index is 2.45. The number of nitrogens with zero attached hydrogens (tertiary/aromatic N) is 1. The maximum absolute atomic E-state index is 10.9. The Hall–Kier alpha value is -1.82. The minimum atomic E-state index is -0.283. The van der Waals surface area contributed by atoms with Gasteiger partial charge in [-0.25, -0.2) is 0 Å². The third-order valence-corrected chi connectivity index (χ3v) is 1.45. The molecule has 0 saturated heterocycles. The summed E-state index contributed by atoms with van der Waals surface area (Å²) in [5, 5.41) is 0. The fourth-order valence-electron chi connectivity index (χ4n) is 0.866. The lowest BCUT2D eigenvalue weighted by Gasteiger charge is -1.94. The summed E-state index contributed by atoms with van der Waals surface area (Å²) in [6.07, 6.45) is 3.46. The van der Waals surface area contributed by atoms with Crippen LogP contribution >= 0.6 is 0 Å². The number of rotatable bonds is 2. The van der Waals surface area contributed by atoms with Crippen molar-refractivity contribution in [2.75, 3.05) is 6.61 Å². The molecule has 1 aromatic rings. The number of hydrogen-bond donors (Lipinski definition) is 0. The summed E-state index contributed by atoms with van der Waals surface area (Å²) < 4.78 is 4.73. The molecule has 1 rings (SSSR count). The zero-order chi connectivity index (χ0) is 10.2. The van der Waals surface area contributed by atoms with Gasteiger partial charge in [-0.3, -0.25) is 9.78 Å². The molecule has 3 nitrogen and oxygen atoms in total. The van der Waals surface area contributed by atoms with Crippen molar-refractivity contribution < 1.29 is 9.53 Å². The molecule has 0 aromatic carbocycles. The van der Waals surface area contributed by atoms with Crippen LogP contribution in [-0.2, 0) is 9.53 Å². The number of esters is 1. The maximum Gasteiger partial charge on any atom is 0.317 e. The monoisotopic (exact) mass is 189 g/mol. The van der Waals surface area contributed by atoms with Crippen molar-refractivity contribution in [3.8, 4) is 11.8 Å². The number of hydrogen-bond acceptors (Lipinski definition) is 3. The van der Waals surface area contributed by atoms with Gasteiger partial charge in [0.15, 0.2) is 0 Å². The highest BCUT2D eigenvalue weighted by molar-refractivity contribution is 5.72. The van der Waals surface area contributed by atoms with E-state index in [2.05, 4.69) is 16.8 Å². The van der Waals surface area contributed by atoms with Crippen LogP contribution in [-0.4, -0.2) is 17.6 Å². The largest absolute Gasteiger partial charge is 0.465 e. The topological polar surface area (TPSA) is 39.2 Å². The number of carbonyl (C=O) groups excluding carboxylic acids is 1. The van der Waals surface area contributed by atoms with Crippen LogP contribution in [0.4, 0.5) is 0 Å². The Morgan fingerprint density at radius 2 is 2.21 bits per heavy atom. The molecular weight excluding hydrogens is 178 g/mol. The minimum absolute atomic E-state index is 0.135. The average molecular weight is 189 g/mol. The Morgan fingerprint density at radius 3 is 2.86 bits per heavy atom. The molecule has 0 radical (unpaired) electrons. The van der Waals surface area contributed by atoms with E-state index in [9.17, 15) is 4.79 Å². The lowest BCUT2D eigenvalue weighted by Crippen LogP contribution is -2.01. The molecule has 0 aliphatic rings. The molecule has 0 unspecified atom stereocenters. The lowest BCUT2D eigenvalue weighted by molar-refractivity contribution is -0.141. The molecule has 0 amide bonds. The van der Waals surface area contributed by atoms with Crippen LogP contribution in [0.1, 0.15) is 18.9 Å². The Kier molecular flexibility index (Phi) is 4.22. The molecule has 0 atom stereocenters. The number of aromatic nitrogens is 1. The lowest BCUT2D eigenvalue weighted by atomic mass is 10.2. The van der Waals surface area contributed by atoms with E-state index in [4.69, 9.17) is 4.74 Å². The third kappa shape index (κ3) is 3.72. The predicted octanol–water partition coefficient (Wildman–Crippen LogP) is 1.39. The van der Waals surface area contributed by atoms with Crippen LogP contribution in [0.2, 0.25) is 0 Å². The van der Waals surface area contributed by atoms with Gasteiger partial charge in [-0.15, -0.1) is 0 Å². The molecule has 3 heteroatoms. The molecule has 0 spiro atoms. The van der Waals surface area contributed by atoms with E-state index in [1.807, 2.05) is 0 Å². The molecule has 0 aliphatic heterocycles. The molecule has 0 aliphatic carbocycles. The van der Waals surface area contributed by atoms with Gasteiger partial charge in [-0.05, 0) is 19.1 Å². The summed E-state index contributed by atoms with van der Waals surface area (Å²) in [6, 6.07) is 3.58. The predicted molar refractivity (Wildman–Crippen MR) is 52.4 cm³/mol. The summed E-state index contributed by atoms with van der Waals surface area (Å²) >= 11 is 0. The SMILES string of the molecule is CCOC(=O)CC#Cc1ccncc1. The first-order valence-corrected chi connectivity index (χ1v) is 4.37. The molecule has 1 heterocycles. The van der Waals surface area contributed by atoms with E-state index in [0.717, 1.165) is 5.56 Å². The summed E-state index contributed by atoms with van der Waals surface area (Å²) in [6.45, 7) is 2.17. The molecule has 0 N–H and O–H groups in total. The smallest absolute Gasteiger partial charge is 0.317 e. The van der Waals surface area contributed by atoms with Crippen molar-refractivity contribution in [2.24, 2.45) is 0 Å². The molecule has 14 heavy (non-hydrogen) atoms. The summed E-state index contributed by atoms with van der Waals surface area (Å²) in [5.41, 5.74) is 0.851. The maximum atomic E-state index is 10.9. The Bertz CT molecular complexity index is 349.